The average molecular weight is 332 g/mol. The van der Waals surface area contributed by atoms with E-state index in [0.29, 0.717) is 5.56 Å². The summed E-state index contributed by atoms with van der Waals surface area (Å²) in [5.74, 6) is -0.241. The first-order valence-electron chi connectivity index (χ1n) is 7.65. The molecule has 0 saturated heterocycles. The van der Waals surface area contributed by atoms with Gasteiger partial charge in [0.25, 0.3) is 0 Å². The SMILES string of the molecule is CCOP(=O)(CC(=O)c1ccc(-c2ccccc2)cc1)OCC. The molecule has 0 heterocycles. The molecular weight excluding hydrogens is 311 g/mol. The predicted molar refractivity (Wildman–Crippen MR) is 91.9 cm³/mol. The van der Waals surface area contributed by atoms with Gasteiger partial charge < -0.3 is 9.05 Å². The number of hydrogen-bond acceptors (Lipinski definition) is 4. The second-order valence-corrected chi connectivity index (χ2v) is 7.03. The first-order valence-corrected chi connectivity index (χ1v) is 9.37. The van der Waals surface area contributed by atoms with Crippen LogP contribution in [0.2, 0.25) is 0 Å². The average Bonchev–Trinajstić information content (AvgIpc) is 2.56. The summed E-state index contributed by atoms with van der Waals surface area (Å²) < 4.78 is 22.8. The van der Waals surface area contributed by atoms with E-state index in [9.17, 15) is 9.36 Å². The van der Waals surface area contributed by atoms with Crippen LogP contribution in [0.1, 0.15) is 24.2 Å². The van der Waals surface area contributed by atoms with Gasteiger partial charge in [-0.3, -0.25) is 9.36 Å². The normalized spacial score (nSPS) is 11.4. The number of hydrogen-bond donors (Lipinski definition) is 0. The van der Waals surface area contributed by atoms with Crippen LogP contribution in [0.5, 0.6) is 0 Å². The molecule has 0 aliphatic carbocycles. The molecule has 0 aromatic heterocycles. The van der Waals surface area contributed by atoms with Crippen LogP contribution in [0.15, 0.2) is 54.6 Å². The summed E-state index contributed by atoms with van der Waals surface area (Å²) >= 11 is 0. The standard InChI is InChI=1S/C18H21O4P/c1-3-21-23(20,22-4-2)14-18(19)17-12-10-16(11-13-17)15-8-6-5-7-9-15/h5-13H,3-4,14H2,1-2H3. The second kappa shape index (κ2) is 8.21. The van der Waals surface area contributed by atoms with E-state index in [1.807, 2.05) is 42.5 Å². The van der Waals surface area contributed by atoms with Crippen molar-refractivity contribution in [3.05, 3.63) is 60.2 Å². The maximum absolute atomic E-state index is 12.4. The highest BCUT2D eigenvalue weighted by molar-refractivity contribution is 7.54. The van der Waals surface area contributed by atoms with E-state index < -0.39 is 7.60 Å². The third-order valence-corrected chi connectivity index (χ3v) is 5.28. The first kappa shape index (κ1) is 17.6. The highest BCUT2D eigenvalue weighted by atomic mass is 31.2. The maximum atomic E-state index is 12.4. The summed E-state index contributed by atoms with van der Waals surface area (Å²) in [5.41, 5.74) is 2.62. The molecule has 0 unspecified atom stereocenters. The van der Waals surface area contributed by atoms with Gasteiger partial charge in [-0.25, -0.2) is 0 Å². The van der Waals surface area contributed by atoms with Crippen LogP contribution in [0.4, 0.5) is 0 Å². The summed E-state index contributed by atoms with van der Waals surface area (Å²) in [4.78, 5) is 12.3. The van der Waals surface area contributed by atoms with Gasteiger partial charge >= 0.3 is 7.60 Å². The third-order valence-electron chi connectivity index (χ3n) is 3.30. The zero-order valence-electron chi connectivity index (χ0n) is 13.4. The molecule has 2 aromatic rings. The molecule has 23 heavy (non-hydrogen) atoms. The van der Waals surface area contributed by atoms with Crippen LogP contribution < -0.4 is 0 Å². The van der Waals surface area contributed by atoms with Crippen molar-refractivity contribution in [3.8, 4) is 11.1 Å². The van der Waals surface area contributed by atoms with Crippen molar-refractivity contribution in [1.29, 1.82) is 0 Å². The highest BCUT2D eigenvalue weighted by Gasteiger charge is 2.28. The van der Waals surface area contributed by atoms with Crippen molar-refractivity contribution < 1.29 is 18.4 Å². The molecule has 122 valence electrons. The molecule has 0 saturated carbocycles. The lowest BCUT2D eigenvalue weighted by atomic mass is 10.0. The lowest BCUT2D eigenvalue weighted by Crippen LogP contribution is -2.10. The molecule has 2 rings (SSSR count). The van der Waals surface area contributed by atoms with Crippen molar-refractivity contribution in [2.75, 3.05) is 19.4 Å². The largest absolute Gasteiger partial charge is 0.338 e. The number of carbonyl (C=O) groups excluding carboxylic acids is 1. The van der Waals surface area contributed by atoms with Gasteiger partial charge in [-0.2, -0.15) is 0 Å². The van der Waals surface area contributed by atoms with E-state index in [1.54, 1.807) is 26.0 Å². The number of rotatable bonds is 8. The Kier molecular flexibility index (Phi) is 6.28. The topological polar surface area (TPSA) is 52.6 Å². The molecule has 0 aliphatic heterocycles. The minimum atomic E-state index is -3.36. The van der Waals surface area contributed by atoms with Crippen molar-refractivity contribution >= 4 is 13.4 Å². The summed E-state index contributed by atoms with van der Waals surface area (Å²) in [5, 5.41) is 0. The van der Waals surface area contributed by atoms with E-state index >= 15 is 0 Å². The quantitative estimate of drug-likeness (QED) is 0.514. The number of carbonyl (C=O) groups is 1. The Morgan fingerprint density at radius 3 is 1.91 bits per heavy atom. The molecule has 0 radical (unpaired) electrons. The fourth-order valence-electron chi connectivity index (χ4n) is 2.27. The molecule has 0 amide bonds. The highest BCUT2D eigenvalue weighted by Crippen LogP contribution is 2.48. The summed E-state index contributed by atoms with van der Waals surface area (Å²) in [6.07, 6.45) is -0.237. The van der Waals surface area contributed by atoms with Crippen LogP contribution in [0.25, 0.3) is 11.1 Å². The number of benzene rings is 2. The fraction of sp³-hybridized carbons (Fsp3) is 0.278. The lowest BCUT2D eigenvalue weighted by Gasteiger charge is -2.16. The van der Waals surface area contributed by atoms with Crippen LogP contribution >= 0.6 is 7.60 Å². The molecule has 0 atom stereocenters. The lowest BCUT2D eigenvalue weighted by molar-refractivity contribution is 0.100. The molecule has 4 nitrogen and oxygen atoms in total. The molecular formula is C18H21O4P. The molecule has 5 heteroatoms. The van der Waals surface area contributed by atoms with E-state index in [4.69, 9.17) is 9.05 Å². The Balaban J connectivity index is 2.12. The number of ketones is 1. The van der Waals surface area contributed by atoms with Crippen molar-refractivity contribution in [2.45, 2.75) is 13.8 Å². The Bertz CT molecular complexity index is 670. The smallest absolute Gasteiger partial charge is 0.309 e. The molecule has 0 aliphatic rings. The minimum Gasteiger partial charge on any atom is -0.309 e. The van der Waals surface area contributed by atoms with E-state index in [2.05, 4.69) is 0 Å². The Hall–Kier alpha value is -1.74. The minimum absolute atomic E-state index is 0.237. The molecule has 0 bridgehead atoms. The van der Waals surface area contributed by atoms with Gasteiger partial charge in [-0.15, -0.1) is 0 Å². The molecule has 0 spiro atoms. The molecule has 0 N–H and O–H groups in total. The molecule has 0 fully saturated rings. The number of Topliss-reactive ketones (excluding diaryl/α,β-unsaturated/α-hetero) is 1. The predicted octanol–water partition coefficient (Wildman–Crippen LogP) is 4.80. The van der Waals surface area contributed by atoms with Crippen LogP contribution in [-0.2, 0) is 13.6 Å². The van der Waals surface area contributed by atoms with Crippen molar-refractivity contribution in [2.24, 2.45) is 0 Å². The van der Waals surface area contributed by atoms with Gasteiger partial charge in [0, 0.05) is 5.56 Å². The summed E-state index contributed by atoms with van der Waals surface area (Å²) in [6, 6.07) is 17.2. The second-order valence-electron chi connectivity index (χ2n) is 4.97. The Labute approximate surface area is 137 Å². The van der Waals surface area contributed by atoms with Crippen molar-refractivity contribution in [3.63, 3.8) is 0 Å². The van der Waals surface area contributed by atoms with Gasteiger partial charge in [0.05, 0.1) is 13.2 Å². The van der Waals surface area contributed by atoms with Crippen LogP contribution in [0.3, 0.4) is 0 Å². The van der Waals surface area contributed by atoms with Gasteiger partial charge in [0.15, 0.2) is 5.78 Å². The summed E-state index contributed by atoms with van der Waals surface area (Å²) in [6.45, 7) is 3.95. The molecule has 2 aromatic carbocycles. The van der Waals surface area contributed by atoms with Gasteiger partial charge in [-0.1, -0.05) is 54.6 Å². The van der Waals surface area contributed by atoms with Crippen molar-refractivity contribution in [1.82, 2.24) is 0 Å². The third kappa shape index (κ3) is 4.87. The van der Waals surface area contributed by atoms with E-state index in [1.165, 1.54) is 0 Å². The monoisotopic (exact) mass is 332 g/mol. The first-order chi connectivity index (χ1) is 11.1. The van der Waals surface area contributed by atoms with E-state index in [-0.39, 0.29) is 25.2 Å². The maximum Gasteiger partial charge on any atom is 0.338 e. The van der Waals surface area contributed by atoms with E-state index in [0.717, 1.165) is 11.1 Å². The van der Waals surface area contributed by atoms with Gasteiger partial charge in [0.1, 0.15) is 6.16 Å². The van der Waals surface area contributed by atoms with Gasteiger partial charge in [0.2, 0.25) is 0 Å². The Morgan fingerprint density at radius 2 is 1.39 bits per heavy atom. The van der Waals surface area contributed by atoms with Crippen LogP contribution in [0, 0.1) is 0 Å². The Morgan fingerprint density at radius 1 is 0.870 bits per heavy atom. The van der Waals surface area contributed by atoms with Crippen LogP contribution in [-0.4, -0.2) is 25.2 Å². The van der Waals surface area contributed by atoms with Gasteiger partial charge in [-0.05, 0) is 25.0 Å². The summed E-state index contributed by atoms with van der Waals surface area (Å²) in [7, 11) is -3.36. The zero-order valence-corrected chi connectivity index (χ0v) is 14.3. The zero-order chi connectivity index (χ0) is 16.7. The fourth-order valence-corrected chi connectivity index (χ4v) is 3.85.